The Morgan fingerprint density at radius 1 is 0.632 bits per heavy atom. The van der Waals surface area contributed by atoms with E-state index in [-0.39, 0.29) is 0 Å². The molecule has 0 nitrogen and oxygen atoms in total. The van der Waals surface area contributed by atoms with Crippen molar-refractivity contribution in [3.8, 4) is 0 Å². The van der Waals surface area contributed by atoms with Crippen LogP contribution in [0, 0.1) is 0 Å². The summed E-state index contributed by atoms with van der Waals surface area (Å²) < 4.78 is 1.47. The second kappa shape index (κ2) is 4.62. The van der Waals surface area contributed by atoms with E-state index >= 15 is 0 Å². The Hall–Kier alpha value is -1.39. The molecule has 2 aromatic carbocycles. The summed E-state index contributed by atoms with van der Waals surface area (Å²) in [5, 5.41) is 0. The van der Waals surface area contributed by atoms with Gasteiger partial charge in [0.1, 0.15) is 0 Å². The fraction of sp³-hybridized carbons (Fsp3) is 0.111. The van der Waals surface area contributed by atoms with Gasteiger partial charge in [-0.25, -0.2) is 0 Å². The number of hydrogen-bond acceptors (Lipinski definition) is 0. The Kier molecular flexibility index (Phi) is 2.78. The van der Waals surface area contributed by atoms with Gasteiger partial charge in [0.15, 0.2) is 0 Å². The maximum atomic E-state index is 2.43. The molecule has 0 fully saturated rings. The van der Waals surface area contributed by atoms with E-state index in [1.165, 1.54) is 11.1 Å². The summed E-state index contributed by atoms with van der Waals surface area (Å²) in [5.74, 6) is 0. The monoisotopic (exact) mass is 414 g/mol. The van der Waals surface area contributed by atoms with Crippen molar-refractivity contribution < 1.29 is 18.6 Å². The molecule has 0 aliphatic heterocycles. The zero-order chi connectivity index (χ0) is 12.7. The van der Waals surface area contributed by atoms with Crippen molar-refractivity contribution in [2.45, 2.75) is 8.62 Å². The summed E-state index contributed by atoms with van der Waals surface area (Å²) in [5.41, 5.74) is 5.99. The van der Waals surface area contributed by atoms with Gasteiger partial charge in [0.2, 0.25) is 0 Å². The SMILES string of the molecule is C1=C[CH]([W][CH]2C=Cc3ccccc32)c2ccccc21. The summed E-state index contributed by atoms with van der Waals surface area (Å²) in [6.07, 6.45) is 9.49. The maximum absolute atomic E-state index is 2.43. The van der Waals surface area contributed by atoms with Crippen molar-refractivity contribution in [2.75, 3.05) is 0 Å². The minimum atomic E-state index is -0.508. The number of rotatable bonds is 2. The number of allylic oxidation sites excluding steroid dienone is 2. The molecule has 4 rings (SSSR count). The first-order valence-corrected chi connectivity index (χ1v) is 10.0. The molecule has 0 saturated heterocycles. The summed E-state index contributed by atoms with van der Waals surface area (Å²) in [6.45, 7) is 0. The van der Waals surface area contributed by atoms with Crippen LogP contribution < -0.4 is 0 Å². The molecule has 0 aromatic heterocycles. The molecule has 2 aliphatic rings. The molecule has 0 saturated carbocycles. The van der Waals surface area contributed by atoms with Crippen molar-refractivity contribution in [3.05, 3.63) is 82.9 Å². The first-order valence-electron chi connectivity index (χ1n) is 6.61. The first-order chi connectivity index (χ1) is 9.42. The van der Waals surface area contributed by atoms with Gasteiger partial charge in [-0.2, -0.15) is 0 Å². The van der Waals surface area contributed by atoms with Crippen molar-refractivity contribution >= 4 is 12.2 Å². The topological polar surface area (TPSA) is 0 Å². The van der Waals surface area contributed by atoms with Crippen molar-refractivity contribution in [2.24, 2.45) is 0 Å². The quantitative estimate of drug-likeness (QED) is 0.674. The molecule has 92 valence electrons. The van der Waals surface area contributed by atoms with E-state index in [2.05, 4.69) is 72.8 Å². The molecule has 0 N–H and O–H groups in total. The van der Waals surface area contributed by atoms with Gasteiger partial charge in [-0.15, -0.1) is 0 Å². The molecule has 19 heavy (non-hydrogen) atoms. The van der Waals surface area contributed by atoms with E-state index in [0.717, 1.165) is 8.62 Å². The summed E-state index contributed by atoms with van der Waals surface area (Å²) in [7, 11) is 0. The van der Waals surface area contributed by atoms with Crippen molar-refractivity contribution in [1.29, 1.82) is 0 Å². The summed E-state index contributed by atoms with van der Waals surface area (Å²) in [4.78, 5) is 0. The summed E-state index contributed by atoms with van der Waals surface area (Å²) >= 11 is -0.508. The molecule has 0 radical (unpaired) electrons. The van der Waals surface area contributed by atoms with Gasteiger partial charge in [0.25, 0.3) is 0 Å². The van der Waals surface area contributed by atoms with Crippen molar-refractivity contribution in [3.63, 3.8) is 0 Å². The van der Waals surface area contributed by atoms with Gasteiger partial charge in [-0.1, -0.05) is 0 Å². The standard InChI is InChI=1S/2C9H7.W/c2*1-2-5-9-7-3-6-8(9)4-1;/h2*1-7H;. The van der Waals surface area contributed by atoms with Gasteiger partial charge in [0.05, 0.1) is 0 Å². The molecular formula is C18H14W. The predicted octanol–water partition coefficient (Wildman–Crippen LogP) is 4.61. The van der Waals surface area contributed by atoms with Gasteiger partial charge < -0.3 is 0 Å². The van der Waals surface area contributed by atoms with Crippen molar-refractivity contribution in [1.82, 2.24) is 0 Å². The molecule has 2 unspecified atom stereocenters. The van der Waals surface area contributed by atoms with Crippen LogP contribution in [-0.2, 0) is 18.6 Å². The fourth-order valence-corrected chi connectivity index (χ4v) is 7.78. The molecule has 2 aromatic rings. The van der Waals surface area contributed by atoms with E-state index in [4.69, 9.17) is 0 Å². The van der Waals surface area contributed by atoms with Crippen LogP contribution in [0.15, 0.2) is 60.7 Å². The van der Waals surface area contributed by atoms with Crippen LogP contribution in [0.2, 0.25) is 0 Å². The number of benzene rings is 2. The molecule has 2 atom stereocenters. The van der Waals surface area contributed by atoms with E-state index in [0.29, 0.717) is 0 Å². The Bertz CT molecular complexity index is 622. The van der Waals surface area contributed by atoms with Crippen LogP contribution >= 0.6 is 0 Å². The van der Waals surface area contributed by atoms with Crippen LogP contribution in [0.1, 0.15) is 30.9 Å². The Morgan fingerprint density at radius 2 is 1.11 bits per heavy atom. The Morgan fingerprint density at radius 3 is 1.63 bits per heavy atom. The molecule has 0 bridgehead atoms. The van der Waals surface area contributed by atoms with Crippen LogP contribution in [0.25, 0.3) is 12.2 Å². The van der Waals surface area contributed by atoms with Gasteiger partial charge >= 0.3 is 122 Å². The van der Waals surface area contributed by atoms with E-state index in [1.54, 1.807) is 11.1 Å². The molecule has 0 spiro atoms. The molecule has 1 heteroatoms. The second-order valence-electron chi connectivity index (χ2n) is 4.95. The first kappa shape index (κ1) is 11.4. The molecule has 2 aliphatic carbocycles. The van der Waals surface area contributed by atoms with Crippen LogP contribution in [0.3, 0.4) is 0 Å². The van der Waals surface area contributed by atoms with E-state index < -0.39 is 18.6 Å². The van der Waals surface area contributed by atoms with Gasteiger partial charge in [-0.05, 0) is 0 Å². The number of hydrogen-bond donors (Lipinski definition) is 0. The van der Waals surface area contributed by atoms with Gasteiger partial charge in [0, 0.05) is 0 Å². The zero-order valence-electron chi connectivity index (χ0n) is 10.5. The van der Waals surface area contributed by atoms with E-state index in [9.17, 15) is 0 Å². The minimum absolute atomic E-state index is 0.508. The third-order valence-corrected chi connectivity index (χ3v) is 8.86. The predicted molar refractivity (Wildman–Crippen MR) is 76.4 cm³/mol. The Balaban J connectivity index is 1.62. The third-order valence-electron chi connectivity index (χ3n) is 3.80. The molecule has 0 heterocycles. The van der Waals surface area contributed by atoms with Crippen LogP contribution in [0.5, 0.6) is 0 Å². The number of fused-ring (bicyclic) bond motifs is 2. The van der Waals surface area contributed by atoms with Crippen LogP contribution in [0.4, 0.5) is 0 Å². The second-order valence-corrected chi connectivity index (χ2v) is 9.58. The van der Waals surface area contributed by atoms with Gasteiger partial charge in [-0.3, -0.25) is 0 Å². The summed E-state index contributed by atoms with van der Waals surface area (Å²) in [6, 6.07) is 17.7. The third kappa shape index (κ3) is 1.95. The average Bonchev–Trinajstić information content (AvgIpc) is 3.05. The average molecular weight is 414 g/mol. The molecular weight excluding hydrogens is 400 g/mol. The molecule has 0 amide bonds. The van der Waals surface area contributed by atoms with E-state index in [1.807, 2.05) is 0 Å². The zero-order valence-corrected chi connectivity index (χ0v) is 13.4. The fourth-order valence-electron chi connectivity index (χ4n) is 2.83. The normalized spacial score (nSPS) is 22.5. The van der Waals surface area contributed by atoms with Crippen LogP contribution in [-0.4, -0.2) is 0 Å². The Labute approximate surface area is 122 Å².